The van der Waals surface area contributed by atoms with Crippen LogP contribution in [0.2, 0.25) is 0 Å². The van der Waals surface area contributed by atoms with E-state index < -0.39 is 0 Å². The monoisotopic (exact) mass is 294 g/mol. The number of ether oxygens (including phenoxy) is 1. The molecule has 2 heterocycles. The lowest BCUT2D eigenvalue weighted by atomic mass is 10.2. The zero-order valence-electron chi connectivity index (χ0n) is 10.9. The summed E-state index contributed by atoms with van der Waals surface area (Å²) in [6.45, 7) is 0. The summed E-state index contributed by atoms with van der Waals surface area (Å²) in [5.41, 5.74) is 0.919. The summed E-state index contributed by atoms with van der Waals surface area (Å²) in [7, 11) is 0. The quantitative estimate of drug-likeness (QED) is 0.572. The van der Waals surface area contributed by atoms with Gasteiger partial charge in [-0.2, -0.15) is 9.97 Å². The first-order valence-electron chi connectivity index (χ1n) is 6.42. The maximum atomic E-state index is 5.69. The van der Waals surface area contributed by atoms with Gasteiger partial charge in [-0.3, -0.25) is 0 Å². The minimum atomic E-state index is 0.374. The molecule has 0 saturated heterocycles. The topological polar surface area (TPSA) is 55.2 Å². The van der Waals surface area contributed by atoms with Crippen molar-refractivity contribution in [2.45, 2.75) is 0 Å². The highest BCUT2D eigenvalue weighted by Gasteiger charge is 2.09. The Kier molecular flexibility index (Phi) is 2.68. The Balaban J connectivity index is 1.90. The van der Waals surface area contributed by atoms with Crippen molar-refractivity contribution in [3.05, 3.63) is 59.2 Å². The molecule has 0 fully saturated rings. The van der Waals surface area contributed by atoms with Crippen LogP contribution < -0.4 is 4.74 Å². The molecular weight excluding hydrogens is 284 g/mol. The number of hydrogen-bond acceptors (Lipinski definition) is 4. The average Bonchev–Trinajstić information content (AvgIpc) is 2.91. The maximum Gasteiger partial charge on any atom is 0.318 e. The molecule has 0 aliphatic heterocycles. The maximum absolute atomic E-state index is 5.69. The number of fused-ring (bicyclic) bond motifs is 3. The van der Waals surface area contributed by atoms with Crippen molar-refractivity contribution in [2.75, 3.05) is 0 Å². The van der Waals surface area contributed by atoms with Crippen molar-refractivity contribution < 1.29 is 4.74 Å². The van der Waals surface area contributed by atoms with E-state index in [1.807, 2.05) is 54.6 Å². The zero-order valence-corrected chi connectivity index (χ0v) is 11.7. The second-order valence-corrected chi connectivity index (χ2v) is 4.90. The largest absolute Gasteiger partial charge is 0.425 e. The van der Waals surface area contributed by atoms with Gasteiger partial charge < -0.3 is 4.74 Å². The van der Waals surface area contributed by atoms with Crippen LogP contribution in [0.3, 0.4) is 0 Å². The van der Waals surface area contributed by atoms with Crippen molar-refractivity contribution in [1.29, 1.82) is 0 Å². The number of aromatic amines is 1. The second-order valence-electron chi connectivity index (χ2n) is 4.51. The molecule has 2 aromatic heterocycles. The number of nitrogens with one attached hydrogen (secondary N) is 1. The summed E-state index contributed by atoms with van der Waals surface area (Å²) in [5, 5.41) is 3.99. The van der Waals surface area contributed by atoms with E-state index in [-0.39, 0.29) is 0 Å². The van der Waals surface area contributed by atoms with Gasteiger partial charge in [0.1, 0.15) is 10.4 Å². The Morgan fingerprint density at radius 2 is 1.71 bits per heavy atom. The van der Waals surface area contributed by atoms with Crippen molar-refractivity contribution in [3.8, 4) is 11.8 Å². The molecule has 0 unspecified atom stereocenters. The Morgan fingerprint density at radius 3 is 2.57 bits per heavy atom. The number of benzene rings is 2. The second kappa shape index (κ2) is 4.68. The van der Waals surface area contributed by atoms with Gasteiger partial charge in [0, 0.05) is 5.39 Å². The molecule has 6 heteroatoms. The Morgan fingerprint density at radius 1 is 0.952 bits per heavy atom. The van der Waals surface area contributed by atoms with Crippen LogP contribution in [0.4, 0.5) is 0 Å². The molecule has 1 N–H and O–H groups in total. The third-order valence-electron chi connectivity index (χ3n) is 3.14. The van der Waals surface area contributed by atoms with Gasteiger partial charge in [-0.05, 0) is 24.3 Å². The lowest BCUT2D eigenvalue weighted by Gasteiger charge is -2.00. The molecule has 4 rings (SSSR count). The molecule has 0 aliphatic carbocycles. The molecule has 0 saturated carbocycles. The smallest absolute Gasteiger partial charge is 0.318 e. The fourth-order valence-corrected chi connectivity index (χ4v) is 2.46. The molecule has 0 radical (unpaired) electrons. The van der Waals surface area contributed by atoms with Crippen molar-refractivity contribution in [2.24, 2.45) is 0 Å². The van der Waals surface area contributed by atoms with E-state index in [4.69, 9.17) is 17.0 Å². The highest BCUT2D eigenvalue weighted by molar-refractivity contribution is 7.71. The number of rotatable bonds is 2. The first-order valence-corrected chi connectivity index (χ1v) is 6.82. The fraction of sp³-hybridized carbons (Fsp3) is 0. The SMILES string of the molecule is S=c1nc2nc(Oc3ccccc3)[nH]n2c2ccccc12. The third-order valence-corrected chi connectivity index (χ3v) is 3.45. The van der Waals surface area contributed by atoms with Crippen molar-refractivity contribution in [1.82, 2.24) is 19.6 Å². The predicted molar refractivity (Wildman–Crippen MR) is 82.2 cm³/mol. The van der Waals surface area contributed by atoms with Gasteiger partial charge >= 0.3 is 6.01 Å². The van der Waals surface area contributed by atoms with E-state index in [2.05, 4.69) is 15.1 Å². The number of H-pyrrole nitrogens is 1. The summed E-state index contributed by atoms with van der Waals surface area (Å²) in [4.78, 5) is 8.65. The highest BCUT2D eigenvalue weighted by Crippen LogP contribution is 2.20. The van der Waals surface area contributed by atoms with Crippen LogP contribution in [0.15, 0.2) is 54.6 Å². The van der Waals surface area contributed by atoms with E-state index in [9.17, 15) is 0 Å². The van der Waals surface area contributed by atoms with Gasteiger partial charge in [-0.1, -0.05) is 42.5 Å². The molecule has 0 atom stereocenters. The molecule has 5 nitrogen and oxygen atoms in total. The Hall–Kier alpha value is -2.73. The summed E-state index contributed by atoms with van der Waals surface area (Å²) in [5.74, 6) is 1.20. The third kappa shape index (κ3) is 2.05. The Labute approximate surface area is 124 Å². The van der Waals surface area contributed by atoms with Crippen molar-refractivity contribution in [3.63, 3.8) is 0 Å². The number of nitrogens with zero attached hydrogens (tertiary/aromatic N) is 3. The van der Waals surface area contributed by atoms with Crippen LogP contribution in [0.5, 0.6) is 11.8 Å². The summed E-state index contributed by atoms with van der Waals surface area (Å²) in [6.07, 6.45) is 0. The molecule has 0 bridgehead atoms. The molecule has 2 aromatic carbocycles. The number of hydrogen-bond donors (Lipinski definition) is 1. The van der Waals surface area contributed by atoms with Gasteiger partial charge in [0.2, 0.25) is 0 Å². The van der Waals surface area contributed by atoms with Gasteiger partial charge in [0.25, 0.3) is 5.78 Å². The summed E-state index contributed by atoms with van der Waals surface area (Å²) >= 11 is 5.30. The fourth-order valence-electron chi connectivity index (χ4n) is 2.20. The normalized spacial score (nSPS) is 11.0. The van der Waals surface area contributed by atoms with Crippen LogP contribution in [0.25, 0.3) is 16.7 Å². The minimum Gasteiger partial charge on any atom is -0.425 e. The standard InChI is InChI=1S/C15H10N4OS/c21-13-11-8-4-5-9-12(11)19-14(16-13)17-15(18-19)20-10-6-2-1-3-7-10/h1-9H,(H,16,17,18,21). The number of para-hydroxylation sites is 2. The molecule has 0 spiro atoms. The average molecular weight is 294 g/mol. The molecular formula is C15H10N4OS. The van der Waals surface area contributed by atoms with Crippen LogP contribution in [-0.4, -0.2) is 19.6 Å². The van der Waals surface area contributed by atoms with Gasteiger partial charge in [-0.25, -0.2) is 9.61 Å². The summed E-state index contributed by atoms with van der Waals surface area (Å²) < 4.78 is 7.99. The van der Waals surface area contributed by atoms with Crippen molar-refractivity contribution >= 4 is 28.9 Å². The minimum absolute atomic E-state index is 0.374. The van der Waals surface area contributed by atoms with E-state index in [0.717, 1.165) is 10.9 Å². The first kappa shape index (κ1) is 12.0. The predicted octanol–water partition coefficient (Wildman–Crippen LogP) is 3.73. The van der Waals surface area contributed by atoms with Crippen LogP contribution in [0.1, 0.15) is 0 Å². The lowest BCUT2D eigenvalue weighted by molar-refractivity contribution is 0.443. The van der Waals surface area contributed by atoms with E-state index in [1.165, 1.54) is 0 Å². The van der Waals surface area contributed by atoms with Crippen LogP contribution >= 0.6 is 12.2 Å². The summed E-state index contributed by atoms with van der Waals surface area (Å²) in [6, 6.07) is 17.6. The van der Waals surface area contributed by atoms with Gasteiger partial charge in [-0.15, -0.1) is 0 Å². The lowest BCUT2D eigenvalue weighted by Crippen LogP contribution is -1.94. The van der Waals surface area contributed by atoms with E-state index in [0.29, 0.717) is 22.2 Å². The zero-order chi connectivity index (χ0) is 14.2. The Bertz CT molecular complexity index is 991. The molecule has 0 amide bonds. The van der Waals surface area contributed by atoms with E-state index in [1.54, 1.807) is 4.52 Å². The number of aromatic nitrogens is 4. The van der Waals surface area contributed by atoms with E-state index >= 15 is 0 Å². The molecule has 4 aromatic rings. The molecule has 102 valence electrons. The first-order chi connectivity index (χ1) is 10.3. The van der Waals surface area contributed by atoms with Crippen LogP contribution in [-0.2, 0) is 0 Å². The highest BCUT2D eigenvalue weighted by atomic mass is 32.1. The van der Waals surface area contributed by atoms with Gasteiger partial charge in [0.15, 0.2) is 0 Å². The van der Waals surface area contributed by atoms with Crippen LogP contribution in [0, 0.1) is 4.64 Å². The molecule has 0 aliphatic rings. The van der Waals surface area contributed by atoms with Gasteiger partial charge in [0.05, 0.1) is 5.52 Å². The molecule has 21 heavy (non-hydrogen) atoms.